The van der Waals surface area contributed by atoms with Crippen LogP contribution >= 0.6 is 11.8 Å². The standard InChI is InChI=1S/C14H18O3S/c1-16-14(15)10-7-8-13(18-2)12(9-10)17-11-5-3-4-6-11/h7-9,11H,3-6H2,1-2H3. The van der Waals surface area contributed by atoms with Crippen LogP contribution in [0.5, 0.6) is 5.75 Å². The first kappa shape index (κ1) is 13.3. The number of carbonyl (C=O) groups excluding carboxylic acids is 1. The lowest BCUT2D eigenvalue weighted by Gasteiger charge is -2.16. The Balaban J connectivity index is 2.21. The Hall–Kier alpha value is -1.16. The second kappa shape index (κ2) is 6.14. The fourth-order valence-electron chi connectivity index (χ4n) is 2.20. The van der Waals surface area contributed by atoms with Crippen molar-refractivity contribution < 1.29 is 14.3 Å². The third kappa shape index (κ3) is 2.99. The van der Waals surface area contributed by atoms with Crippen molar-refractivity contribution in [2.24, 2.45) is 0 Å². The van der Waals surface area contributed by atoms with Crippen LogP contribution in [0.4, 0.5) is 0 Å². The third-order valence-electron chi connectivity index (χ3n) is 3.18. The molecule has 1 aromatic rings. The van der Waals surface area contributed by atoms with E-state index in [4.69, 9.17) is 9.47 Å². The number of carbonyl (C=O) groups is 1. The summed E-state index contributed by atoms with van der Waals surface area (Å²) in [6.45, 7) is 0. The van der Waals surface area contributed by atoms with Gasteiger partial charge in [-0.05, 0) is 50.1 Å². The Morgan fingerprint density at radius 1 is 1.33 bits per heavy atom. The molecular weight excluding hydrogens is 248 g/mol. The van der Waals surface area contributed by atoms with Crippen molar-refractivity contribution in [3.63, 3.8) is 0 Å². The van der Waals surface area contributed by atoms with Crippen LogP contribution in [0.3, 0.4) is 0 Å². The summed E-state index contributed by atoms with van der Waals surface area (Å²) in [6.07, 6.45) is 6.98. The highest BCUT2D eigenvalue weighted by atomic mass is 32.2. The fourth-order valence-corrected chi connectivity index (χ4v) is 2.71. The number of ether oxygens (including phenoxy) is 2. The number of esters is 1. The molecular formula is C14H18O3S. The van der Waals surface area contributed by atoms with E-state index < -0.39 is 0 Å². The van der Waals surface area contributed by atoms with E-state index in [2.05, 4.69) is 0 Å². The summed E-state index contributed by atoms with van der Waals surface area (Å²) in [5.41, 5.74) is 0.545. The molecule has 1 aromatic carbocycles. The average molecular weight is 266 g/mol. The number of hydrogen-bond donors (Lipinski definition) is 0. The second-order valence-corrected chi connectivity index (χ2v) is 5.23. The highest BCUT2D eigenvalue weighted by molar-refractivity contribution is 7.98. The lowest BCUT2D eigenvalue weighted by atomic mass is 10.2. The highest BCUT2D eigenvalue weighted by Crippen LogP contribution is 2.32. The van der Waals surface area contributed by atoms with Gasteiger partial charge in [-0.3, -0.25) is 0 Å². The van der Waals surface area contributed by atoms with Gasteiger partial charge in [0.25, 0.3) is 0 Å². The molecule has 0 N–H and O–H groups in total. The number of hydrogen-bond acceptors (Lipinski definition) is 4. The lowest BCUT2D eigenvalue weighted by Crippen LogP contribution is -2.12. The van der Waals surface area contributed by atoms with Crippen LogP contribution in [0.15, 0.2) is 23.1 Å². The first-order valence-electron chi connectivity index (χ1n) is 6.17. The summed E-state index contributed by atoms with van der Waals surface area (Å²) < 4.78 is 10.7. The molecule has 98 valence electrons. The van der Waals surface area contributed by atoms with Gasteiger partial charge in [-0.1, -0.05) is 0 Å². The van der Waals surface area contributed by atoms with Gasteiger partial charge in [-0.15, -0.1) is 11.8 Å². The minimum atomic E-state index is -0.320. The number of benzene rings is 1. The normalized spacial score (nSPS) is 15.7. The van der Waals surface area contributed by atoms with Crippen LogP contribution in [0.1, 0.15) is 36.0 Å². The smallest absolute Gasteiger partial charge is 0.337 e. The highest BCUT2D eigenvalue weighted by Gasteiger charge is 2.19. The van der Waals surface area contributed by atoms with Crippen LogP contribution in [0.25, 0.3) is 0 Å². The van der Waals surface area contributed by atoms with Gasteiger partial charge in [0.05, 0.1) is 18.8 Å². The van der Waals surface area contributed by atoms with Crippen molar-refractivity contribution in [1.29, 1.82) is 0 Å². The van der Waals surface area contributed by atoms with E-state index in [1.54, 1.807) is 23.9 Å². The minimum Gasteiger partial charge on any atom is -0.489 e. The summed E-state index contributed by atoms with van der Waals surface area (Å²) in [7, 11) is 1.39. The predicted molar refractivity (Wildman–Crippen MR) is 72.4 cm³/mol. The summed E-state index contributed by atoms with van der Waals surface area (Å²) in [6, 6.07) is 5.48. The maximum absolute atomic E-state index is 11.5. The molecule has 1 aliphatic rings. The monoisotopic (exact) mass is 266 g/mol. The molecule has 0 spiro atoms. The molecule has 0 atom stereocenters. The zero-order valence-corrected chi connectivity index (χ0v) is 11.6. The second-order valence-electron chi connectivity index (χ2n) is 4.38. The van der Waals surface area contributed by atoms with E-state index in [9.17, 15) is 4.79 Å². The molecule has 0 saturated heterocycles. The fraction of sp³-hybridized carbons (Fsp3) is 0.500. The molecule has 4 heteroatoms. The maximum Gasteiger partial charge on any atom is 0.337 e. The summed E-state index contributed by atoms with van der Waals surface area (Å²) >= 11 is 1.63. The van der Waals surface area contributed by atoms with Gasteiger partial charge in [-0.2, -0.15) is 0 Å². The molecule has 0 heterocycles. The average Bonchev–Trinajstić information content (AvgIpc) is 2.90. The van der Waals surface area contributed by atoms with E-state index in [1.807, 2.05) is 12.3 Å². The molecule has 0 unspecified atom stereocenters. The molecule has 3 nitrogen and oxygen atoms in total. The minimum absolute atomic E-state index is 0.295. The van der Waals surface area contributed by atoms with Gasteiger partial charge in [0.15, 0.2) is 0 Å². The van der Waals surface area contributed by atoms with Crippen LogP contribution in [-0.4, -0.2) is 25.4 Å². The quantitative estimate of drug-likeness (QED) is 0.617. The van der Waals surface area contributed by atoms with Crippen molar-refractivity contribution in [3.8, 4) is 5.75 Å². The van der Waals surface area contributed by atoms with Gasteiger partial charge in [0, 0.05) is 4.90 Å². The lowest BCUT2D eigenvalue weighted by molar-refractivity contribution is 0.0599. The SMILES string of the molecule is COC(=O)c1ccc(SC)c(OC2CCCC2)c1. The van der Waals surface area contributed by atoms with Gasteiger partial charge >= 0.3 is 5.97 Å². The Morgan fingerprint density at radius 3 is 2.67 bits per heavy atom. The first-order valence-corrected chi connectivity index (χ1v) is 7.40. The number of thioether (sulfide) groups is 1. The molecule has 0 amide bonds. The maximum atomic E-state index is 11.5. The van der Waals surface area contributed by atoms with Crippen LogP contribution in [-0.2, 0) is 4.74 Å². The molecule has 0 aromatic heterocycles. The molecule has 0 aliphatic heterocycles. The molecule has 1 saturated carbocycles. The topological polar surface area (TPSA) is 35.5 Å². The van der Waals surface area contributed by atoms with Crippen LogP contribution < -0.4 is 4.74 Å². The predicted octanol–water partition coefficient (Wildman–Crippen LogP) is 3.52. The summed E-state index contributed by atoms with van der Waals surface area (Å²) in [5.74, 6) is 0.483. The zero-order chi connectivity index (χ0) is 13.0. The Kier molecular flexibility index (Phi) is 4.53. The van der Waals surface area contributed by atoms with Crippen molar-refractivity contribution in [2.45, 2.75) is 36.7 Å². The van der Waals surface area contributed by atoms with Gasteiger partial charge in [0.1, 0.15) is 5.75 Å². The first-order chi connectivity index (χ1) is 8.74. The summed E-state index contributed by atoms with van der Waals surface area (Å²) in [4.78, 5) is 12.6. The van der Waals surface area contributed by atoms with E-state index in [0.29, 0.717) is 11.7 Å². The van der Waals surface area contributed by atoms with Crippen LogP contribution in [0.2, 0.25) is 0 Å². The van der Waals surface area contributed by atoms with E-state index in [0.717, 1.165) is 23.5 Å². The van der Waals surface area contributed by atoms with Gasteiger partial charge in [0.2, 0.25) is 0 Å². The third-order valence-corrected chi connectivity index (χ3v) is 3.96. The Bertz CT molecular complexity index is 425. The van der Waals surface area contributed by atoms with Crippen molar-refractivity contribution in [1.82, 2.24) is 0 Å². The van der Waals surface area contributed by atoms with E-state index >= 15 is 0 Å². The van der Waals surface area contributed by atoms with Gasteiger partial charge < -0.3 is 9.47 Å². The number of rotatable bonds is 4. The number of methoxy groups -OCH3 is 1. The molecule has 2 rings (SSSR count). The summed E-state index contributed by atoms with van der Waals surface area (Å²) in [5, 5.41) is 0. The molecule has 1 fully saturated rings. The molecule has 0 radical (unpaired) electrons. The van der Waals surface area contributed by atoms with Gasteiger partial charge in [-0.25, -0.2) is 4.79 Å². The van der Waals surface area contributed by atoms with Crippen molar-refractivity contribution >= 4 is 17.7 Å². The van der Waals surface area contributed by atoms with E-state index in [-0.39, 0.29) is 5.97 Å². The van der Waals surface area contributed by atoms with Crippen molar-refractivity contribution in [3.05, 3.63) is 23.8 Å². The molecule has 0 bridgehead atoms. The molecule has 1 aliphatic carbocycles. The molecule has 18 heavy (non-hydrogen) atoms. The Morgan fingerprint density at radius 2 is 2.06 bits per heavy atom. The zero-order valence-electron chi connectivity index (χ0n) is 10.8. The van der Waals surface area contributed by atoms with Crippen LogP contribution in [0, 0.1) is 0 Å². The van der Waals surface area contributed by atoms with E-state index in [1.165, 1.54) is 20.0 Å². The Labute approximate surface area is 112 Å². The largest absolute Gasteiger partial charge is 0.489 e. The van der Waals surface area contributed by atoms with Crippen molar-refractivity contribution in [2.75, 3.05) is 13.4 Å².